The summed E-state index contributed by atoms with van der Waals surface area (Å²) in [5, 5.41) is 8.63. The van der Waals surface area contributed by atoms with Gasteiger partial charge < -0.3 is 14.5 Å². The molecule has 3 heterocycles. The van der Waals surface area contributed by atoms with Crippen LogP contribution >= 0.6 is 0 Å². The van der Waals surface area contributed by atoms with E-state index in [4.69, 9.17) is 4.74 Å². The second-order valence-electron chi connectivity index (χ2n) is 8.08. The van der Waals surface area contributed by atoms with E-state index in [0.29, 0.717) is 5.56 Å². The summed E-state index contributed by atoms with van der Waals surface area (Å²) in [6.45, 7) is 8.35. The average molecular weight is 421 g/mol. The summed E-state index contributed by atoms with van der Waals surface area (Å²) in [6.07, 6.45) is 0. The Labute approximate surface area is 182 Å². The van der Waals surface area contributed by atoms with Gasteiger partial charge >= 0.3 is 0 Å². The molecule has 2 fully saturated rings. The number of piperazine rings is 1. The Morgan fingerprint density at radius 3 is 2.45 bits per heavy atom. The number of rotatable bonds is 5. The Kier molecular flexibility index (Phi) is 5.82. The van der Waals surface area contributed by atoms with Gasteiger partial charge in [-0.05, 0) is 30.3 Å². The molecule has 0 radical (unpaired) electrons. The minimum atomic E-state index is 0.0671. The number of aromatic nitrogens is 3. The van der Waals surface area contributed by atoms with E-state index in [2.05, 4.69) is 44.4 Å². The second-order valence-corrected chi connectivity index (χ2v) is 8.08. The molecule has 2 saturated heterocycles. The molecule has 162 valence electrons. The van der Waals surface area contributed by atoms with E-state index in [-0.39, 0.29) is 5.91 Å². The van der Waals surface area contributed by atoms with Gasteiger partial charge in [-0.1, -0.05) is 23.4 Å². The van der Waals surface area contributed by atoms with Crippen molar-refractivity contribution in [2.45, 2.75) is 6.54 Å². The lowest BCUT2D eigenvalue weighted by molar-refractivity contribution is 0.0360. The number of hydrogen-bond donors (Lipinski definition) is 0. The number of morpholine rings is 1. The van der Waals surface area contributed by atoms with Gasteiger partial charge in [-0.3, -0.25) is 9.69 Å². The lowest BCUT2D eigenvalue weighted by Gasteiger charge is -2.36. The Bertz CT molecular complexity index is 1020. The van der Waals surface area contributed by atoms with Crippen molar-refractivity contribution < 1.29 is 9.53 Å². The number of benzene rings is 2. The molecule has 0 atom stereocenters. The fourth-order valence-electron chi connectivity index (χ4n) is 4.32. The Hall–Kier alpha value is -2.97. The number of carbonyl (C=O) groups excluding carboxylic acids is 1. The van der Waals surface area contributed by atoms with Crippen LogP contribution in [0.4, 0.5) is 5.69 Å². The van der Waals surface area contributed by atoms with Gasteiger partial charge in [0.2, 0.25) is 0 Å². The number of para-hydroxylation sites is 1. The maximum atomic E-state index is 13.1. The van der Waals surface area contributed by atoms with Crippen LogP contribution in [0, 0.1) is 0 Å². The molecule has 2 aliphatic heterocycles. The standard InChI is InChI=1S/C23H28N6O2/c30-23(28-11-9-27(10-12-28)20-4-2-1-3-5-20)19-6-7-22-21(18-19)24-25-29(22)13-8-26-14-16-31-17-15-26/h1-7,18H,8-17H2. The largest absolute Gasteiger partial charge is 0.379 e. The van der Waals surface area contributed by atoms with Crippen LogP contribution in [0.15, 0.2) is 48.5 Å². The quantitative estimate of drug-likeness (QED) is 0.626. The fourth-order valence-corrected chi connectivity index (χ4v) is 4.32. The van der Waals surface area contributed by atoms with Crippen molar-refractivity contribution in [1.29, 1.82) is 0 Å². The number of fused-ring (bicyclic) bond motifs is 1. The summed E-state index contributed by atoms with van der Waals surface area (Å²) >= 11 is 0. The minimum Gasteiger partial charge on any atom is -0.379 e. The van der Waals surface area contributed by atoms with Crippen molar-refractivity contribution in [3.63, 3.8) is 0 Å². The van der Waals surface area contributed by atoms with Crippen molar-refractivity contribution in [3.8, 4) is 0 Å². The third-order valence-electron chi connectivity index (χ3n) is 6.18. The molecule has 0 aliphatic carbocycles. The molecular formula is C23H28N6O2. The van der Waals surface area contributed by atoms with Crippen molar-refractivity contribution in [2.24, 2.45) is 0 Å². The molecule has 5 rings (SSSR count). The van der Waals surface area contributed by atoms with Crippen LogP contribution in [-0.4, -0.2) is 89.7 Å². The summed E-state index contributed by atoms with van der Waals surface area (Å²) < 4.78 is 7.33. The Balaban J connectivity index is 1.22. The smallest absolute Gasteiger partial charge is 0.254 e. The zero-order valence-electron chi connectivity index (χ0n) is 17.7. The molecule has 0 saturated carbocycles. The van der Waals surface area contributed by atoms with Crippen LogP contribution in [0.1, 0.15) is 10.4 Å². The molecule has 1 aromatic heterocycles. The van der Waals surface area contributed by atoms with Gasteiger partial charge in [-0.15, -0.1) is 5.10 Å². The maximum Gasteiger partial charge on any atom is 0.254 e. The van der Waals surface area contributed by atoms with Crippen LogP contribution in [0.25, 0.3) is 11.0 Å². The number of hydrogen-bond acceptors (Lipinski definition) is 6. The number of anilines is 1. The molecule has 2 aromatic carbocycles. The van der Waals surface area contributed by atoms with Crippen molar-refractivity contribution in [1.82, 2.24) is 24.8 Å². The summed E-state index contributed by atoms with van der Waals surface area (Å²) in [7, 11) is 0. The lowest BCUT2D eigenvalue weighted by atomic mass is 10.1. The van der Waals surface area contributed by atoms with Crippen molar-refractivity contribution in [3.05, 3.63) is 54.1 Å². The van der Waals surface area contributed by atoms with Crippen molar-refractivity contribution in [2.75, 3.05) is 63.9 Å². The van der Waals surface area contributed by atoms with Crippen LogP contribution in [0.2, 0.25) is 0 Å². The summed E-state index contributed by atoms with van der Waals surface area (Å²) in [4.78, 5) is 19.7. The van der Waals surface area contributed by atoms with Crippen LogP contribution in [0.5, 0.6) is 0 Å². The number of carbonyl (C=O) groups is 1. The molecule has 8 heteroatoms. The number of nitrogens with zero attached hydrogens (tertiary/aromatic N) is 6. The summed E-state index contributed by atoms with van der Waals surface area (Å²) in [5.74, 6) is 0.0671. The van der Waals surface area contributed by atoms with Gasteiger partial charge in [-0.2, -0.15) is 0 Å². The normalized spacial score (nSPS) is 17.9. The molecule has 0 N–H and O–H groups in total. The van der Waals surface area contributed by atoms with Gasteiger partial charge in [0, 0.05) is 57.1 Å². The number of ether oxygens (including phenoxy) is 1. The first-order valence-corrected chi connectivity index (χ1v) is 11.0. The third-order valence-corrected chi connectivity index (χ3v) is 6.18. The fraction of sp³-hybridized carbons (Fsp3) is 0.435. The molecule has 3 aromatic rings. The van der Waals surface area contributed by atoms with E-state index in [0.717, 1.165) is 76.6 Å². The second kappa shape index (κ2) is 9.03. The predicted octanol–water partition coefficient (Wildman–Crippen LogP) is 1.73. The predicted molar refractivity (Wildman–Crippen MR) is 119 cm³/mol. The van der Waals surface area contributed by atoms with Crippen LogP contribution < -0.4 is 4.90 Å². The molecule has 2 aliphatic rings. The molecular weight excluding hydrogens is 392 g/mol. The Morgan fingerprint density at radius 1 is 0.903 bits per heavy atom. The highest BCUT2D eigenvalue weighted by Gasteiger charge is 2.23. The van der Waals surface area contributed by atoms with E-state index in [1.165, 1.54) is 5.69 Å². The lowest BCUT2D eigenvalue weighted by Crippen LogP contribution is -2.48. The molecule has 0 unspecified atom stereocenters. The number of amides is 1. The van der Waals surface area contributed by atoms with Gasteiger partial charge in [0.25, 0.3) is 5.91 Å². The van der Waals surface area contributed by atoms with E-state index in [1.54, 1.807) is 0 Å². The zero-order valence-corrected chi connectivity index (χ0v) is 17.7. The zero-order chi connectivity index (χ0) is 21.0. The molecule has 0 spiro atoms. The van der Waals surface area contributed by atoms with Crippen LogP contribution in [-0.2, 0) is 11.3 Å². The van der Waals surface area contributed by atoms with Gasteiger partial charge in [0.1, 0.15) is 5.52 Å². The highest BCUT2D eigenvalue weighted by Crippen LogP contribution is 2.19. The monoisotopic (exact) mass is 420 g/mol. The maximum absolute atomic E-state index is 13.1. The highest BCUT2D eigenvalue weighted by molar-refractivity contribution is 5.97. The van der Waals surface area contributed by atoms with E-state index >= 15 is 0 Å². The molecule has 31 heavy (non-hydrogen) atoms. The first-order chi connectivity index (χ1) is 15.3. The van der Waals surface area contributed by atoms with E-state index in [1.807, 2.05) is 33.8 Å². The minimum absolute atomic E-state index is 0.0671. The summed E-state index contributed by atoms with van der Waals surface area (Å²) in [5.41, 5.74) is 3.64. The molecule has 8 nitrogen and oxygen atoms in total. The first-order valence-electron chi connectivity index (χ1n) is 11.0. The van der Waals surface area contributed by atoms with E-state index < -0.39 is 0 Å². The summed E-state index contributed by atoms with van der Waals surface area (Å²) in [6, 6.07) is 16.1. The average Bonchev–Trinajstić information content (AvgIpc) is 3.26. The Morgan fingerprint density at radius 2 is 1.68 bits per heavy atom. The molecule has 0 bridgehead atoms. The topological polar surface area (TPSA) is 66.7 Å². The molecule has 1 amide bonds. The van der Waals surface area contributed by atoms with Gasteiger partial charge in [-0.25, -0.2) is 4.68 Å². The SMILES string of the molecule is O=C(c1ccc2c(c1)nnn2CCN1CCOCC1)N1CCN(c2ccccc2)CC1. The van der Waals surface area contributed by atoms with Gasteiger partial charge in [0.05, 0.1) is 25.3 Å². The van der Waals surface area contributed by atoms with E-state index in [9.17, 15) is 4.79 Å². The van der Waals surface area contributed by atoms with Gasteiger partial charge in [0.15, 0.2) is 0 Å². The first kappa shape index (κ1) is 20.0. The third kappa shape index (κ3) is 4.40. The highest BCUT2D eigenvalue weighted by atomic mass is 16.5. The van der Waals surface area contributed by atoms with Crippen LogP contribution in [0.3, 0.4) is 0 Å². The van der Waals surface area contributed by atoms with Crippen molar-refractivity contribution >= 4 is 22.6 Å².